The molecule has 1 N–H and O–H groups in total. The molecule has 108 valence electrons. The highest BCUT2D eigenvalue weighted by atomic mass is 19.1. The Bertz CT molecular complexity index is 507. The highest BCUT2D eigenvalue weighted by Gasteiger charge is 2.60. The van der Waals surface area contributed by atoms with Crippen molar-refractivity contribution in [3.05, 3.63) is 35.6 Å². The van der Waals surface area contributed by atoms with Crippen molar-refractivity contribution in [1.29, 1.82) is 0 Å². The molecular formula is C17H21FO2. The number of carbonyl (C=O) groups is 1. The molecule has 2 saturated carbocycles. The summed E-state index contributed by atoms with van der Waals surface area (Å²) in [5.74, 6) is -1.24. The maximum atomic E-state index is 14.0. The molecule has 1 spiro atoms. The number of carboxylic acids is 1. The largest absolute Gasteiger partial charge is 0.481 e. The molecule has 3 heteroatoms. The van der Waals surface area contributed by atoms with Crippen molar-refractivity contribution in [2.45, 2.75) is 56.8 Å². The molecule has 0 unspecified atom stereocenters. The Labute approximate surface area is 119 Å². The summed E-state index contributed by atoms with van der Waals surface area (Å²) in [7, 11) is 0. The Kier molecular flexibility index (Phi) is 3.31. The SMILES string of the molecule is O=C(O)C1(c2ccccc2F)CC2(CCCCCC2)C1. The lowest BCUT2D eigenvalue weighted by molar-refractivity contribution is -0.156. The van der Waals surface area contributed by atoms with Crippen molar-refractivity contribution < 1.29 is 14.3 Å². The van der Waals surface area contributed by atoms with Gasteiger partial charge in [-0.1, -0.05) is 43.9 Å². The topological polar surface area (TPSA) is 37.3 Å². The van der Waals surface area contributed by atoms with E-state index in [0.717, 1.165) is 12.8 Å². The van der Waals surface area contributed by atoms with Crippen molar-refractivity contribution in [1.82, 2.24) is 0 Å². The van der Waals surface area contributed by atoms with Gasteiger partial charge in [-0.2, -0.15) is 0 Å². The lowest BCUT2D eigenvalue weighted by atomic mass is 9.48. The van der Waals surface area contributed by atoms with Crippen molar-refractivity contribution in [3.8, 4) is 0 Å². The fourth-order valence-corrected chi connectivity index (χ4v) is 4.37. The van der Waals surface area contributed by atoms with Crippen LogP contribution >= 0.6 is 0 Å². The van der Waals surface area contributed by atoms with Gasteiger partial charge in [0.25, 0.3) is 0 Å². The first kappa shape index (κ1) is 13.6. The second kappa shape index (κ2) is 4.87. The number of hydrogen-bond acceptors (Lipinski definition) is 1. The molecule has 0 heterocycles. The molecule has 0 aliphatic heterocycles. The van der Waals surface area contributed by atoms with Crippen LogP contribution in [-0.2, 0) is 10.2 Å². The molecule has 0 aromatic heterocycles. The van der Waals surface area contributed by atoms with Crippen LogP contribution in [0.2, 0.25) is 0 Å². The van der Waals surface area contributed by atoms with Gasteiger partial charge in [0.2, 0.25) is 0 Å². The van der Waals surface area contributed by atoms with E-state index in [2.05, 4.69) is 0 Å². The monoisotopic (exact) mass is 276 g/mol. The van der Waals surface area contributed by atoms with Crippen molar-refractivity contribution in [3.63, 3.8) is 0 Å². The number of halogens is 1. The van der Waals surface area contributed by atoms with E-state index in [1.807, 2.05) is 0 Å². The minimum atomic E-state index is -0.990. The Balaban J connectivity index is 1.90. The van der Waals surface area contributed by atoms with E-state index in [1.54, 1.807) is 18.2 Å². The Hall–Kier alpha value is -1.38. The molecule has 2 aliphatic rings. The first-order valence-corrected chi connectivity index (χ1v) is 7.57. The number of hydrogen-bond donors (Lipinski definition) is 1. The standard InChI is InChI=1S/C17H21FO2/c18-14-8-4-3-7-13(14)17(15(19)20)11-16(12-17)9-5-1-2-6-10-16/h3-4,7-8H,1-2,5-6,9-12H2,(H,19,20). The van der Waals surface area contributed by atoms with E-state index >= 15 is 0 Å². The summed E-state index contributed by atoms with van der Waals surface area (Å²) in [6, 6.07) is 6.38. The van der Waals surface area contributed by atoms with E-state index < -0.39 is 11.4 Å². The highest BCUT2D eigenvalue weighted by molar-refractivity contribution is 5.83. The van der Waals surface area contributed by atoms with E-state index in [9.17, 15) is 14.3 Å². The zero-order valence-electron chi connectivity index (χ0n) is 11.7. The summed E-state index contributed by atoms with van der Waals surface area (Å²) in [6.45, 7) is 0. The maximum Gasteiger partial charge on any atom is 0.314 e. The molecule has 3 rings (SSSR count). The van der Waals surface area contributed by atoms with Gasteiger partial charge in [-0.05, 0) is 37.2 Å². The molecule has 1 aromatic rings. The number of benzene rings is 1. The molecule has 20 heavy (non-hydrogen) atoms. The minimum absolute atomic E-state index is 0.150. The van der Waals surface area contributed by atoms with Crippen molar-refractivity contribution in [2.24, 2.45) is 5.41 Å². The molecular weight excluding hydrogens is 255 g/mol. The van der Waals surface area contributed by atoms with Crippen LogP contribution in [0.4, 0.5) is 4.39 Å². The Morgan fingerprint density at radius 1 is 1.05 bits per heavy atom. The minimum Gasteiger partial charge on any atom is -0.481 e. The second-order valence-corrected chi connectivity index (χ2v) is 6.63. The van der Waals surface area contributed by atoms with Crippen LogP contribution in [-0.4, -0.2) is 11.1 Å². The third kappa shape index (κ3) is 2.04. The van der Waals surface area contributed by atoms with Crippen LogP contribution in [0.5, 0.6) is 0 Å². The van der Waals surface area contributed by atoms with Crippen LogP contribution in [0.15, 0.2) is 24.3 Å². The van der Waals surface area contributed by atoms with Crippen LogP contribution in [0.25, 0.3) is 0 Å². The highest BCUT2D eigenvalue weighted by Crippen LogP contribution is 2.61. The fraction of sp³-hybridized carbons (Fsp3) is 0.588. The fourth-order valence-electron chi connectivity index (χ4n) is 4.37. The van der Waals surface area contributed by atoms with Crippen LogP contribution < -0.4 is 0 Å². The van der Waals surface area contributed by atoms with E-state index in [0.29, 0.717) is 18.4 Å². The van der Waals surface area contributed by atoms with E-state index in [4.69, 9.17) is 0 Å². The average molecular weight is 276 g/mol. The molecule has 0 atom stereocenters. The van der Waals surface area contributed by atoms with Gasteiger partial charge in [0.1, 0.15) is 5.82 Å². The van der Waals surface area contributed by atoms with Gasteiger partial charge in [-0.15, -0.1) is 0 Å². The van der Waals surface area contributed by atoms with Gasteiger partial charge in [0.05, 0.1) is 5.41 Å². The normalized spacial score (nSPS) is 23.9. The quantitative estimate of drug-likeness (QED) is 0.875. The van der Waals surface area contributed by atoms with Gasteiger partial charge < -0.3 is 5.11 Å². The molecule has 0 saturated heterocycles. The predicted molar refractivity (Wildman–Crippen MR) is 75.1 cm³/mol. The smallest absolute Gasteiger partial charge is 0.314 e. The number of carboxylic acid groups (broad SMARTS) is 1. The summed E-state index contributed by atoms with van der Waals surface area (Å²) in [5.41, 5.74) is -0.463. The molecule has 2 fully saturated rings. The zero-order valence-corrected chi connectivity index (χ0v) is 11.7. The Morgan fingerprint density at radius 2 is 1.65 bits per heavy atom. The number of aliphatic carboxylic acids is 1. The molecule has 0 radical (unpaired) electrons. The second-order valence-electron chi connectivity index (χ2n) is 6.63. The van der Waals surface area contributed by atoms with Crippen LogP contribution in [0, 0.1) is 11.2 Å². The first-order chi connectivity index (χ1) is 9.58. The average Bonchev–Trinajstić information content (AvgIpc) is 2.62. The zero-order chi connectivity index (χ0) is 14.2. The first-order valence-electron chi connectivity index (χ1n) is 7.57. The molecule has 2 aliphatic carbocycles. The molecule has 2 nitrogen and oxygen atoms in total. The summed E-state index contributed by atoms with van der Waals surface area (Å²) in [5, 5.41) is 9.68. The molecule has 0 amide bonds. The predicted octanol–water partition coefficient (Wildman–Crippen LogP) is 4.28. The molecule has 1 aromatic carbocycles. The molecule has 0 bridgehead atoms. The number of rotatable bonds is 2. The van der Waals surface area contributed by atoms with Gasteiger partial charge in [0.15, 0.2) is 0 Å². The van der Waals surface area contributed by atoms with Gasteiger partial charge >= 0.3 is 5.97 Å². The van der Waals surface area contributed by atoms with Gasteiger partial charge in [-0.25, -0.2) is 4.39 Å². The maximum absolute atomic E-state index is 14.0. The summed E-state index contributed by atoms with van der Waals surface area (Å²) < 4.78 is 14.0. The van der Waals surface area contributed by atoms with Gasteiger partial charge in [0, 0.05) is 5.56 Å². The summed E-state index contributed by atoms with van der Waals surface area (Å²) >= 11 is 0. The van der Waals surface area contributed by atoms with Crippen LogP contribution in [0.1, 0.15) is 56.9 Å². The Morgan fingerprint density at radius 3 is 2.20 bits per heavy atom. The van der Waals surface area contributed by atoms with Gasteiger partial charge in [-0.3, -0.25) is 4.79 Å². The summed E-state index contributed by atoms with van der Waals surface area (Å²) in [4.78, 5) is 11.8. The summed E-state index contributed by atoms with van der Waals surface area (Å²) in [6.07, 6.45) is 8.31. The van der Waals surface area contributed by atoms with E-state index in [1.165, 1.54) is 31.7 Å². The van der Waals surface area contributed by atoms with Crippen molar-refractivity contribution >= 4 is 5.97 Å². The lowest BCUT2D eigenvalue weighted by Gasteiger charge is -2.54. The lowest BCUT2D eigenvalue weighted by Crippen LogP contribution is -2.54. The third-order valence-electron chi connectivity index (χ3n) is 5.32. The third-order valence-corrected chi connectivity index (χ3v) is 5.32. The van der Waals surface area contributed by atoms with Crippen LogP contribution in [0.3, 0.4) is 0 Å². The van der Waals surface area contributed by atoms with E-state index in [-0.39, 0.29) is 11.2 Å². The van der Waals surface area contributed by atoms with Crippen molar-refractivity contribution in [2.75, 3.05) is 0 Å².